The number of guanidine groups is 1. The van der Waals surface area contributed by atoms with Gasteiger partial charge in [0.2, 0.25) is 0 Å². The normalized spacial score (nSPS) is 11.2. The molecule has 0 amide bonds. The molecule has 0 atom stereocenters. The first-order chi connectivity index (χ1) is 10.8. The van der Waals surface area contributed by atoms with Crippen molar-refractivity contribution in [3.05, 3.63) is 71.7 Å². The Balaban J connectivity index is 1.89. The van der Waals surface area contributed by atoms with Gasteiger partial charge in [0.25, 0.3) is 0 Å². The lowest BCUT2D eigenvalue weighted by atomic mass is 10.2. The lowest BCUT2D eigenvalue weighted by Gasteiger charge is -2.11. The third-order valence-electron chi connectivity index (χ3n) is 2.97. The molecule has 4 nitrogen and oxygen atoms in total. The second-order valence-electron chi connectivity index (χ2n) is 4.72. The van der Waals surface area contributed by atoms with Gasteiger partial charge < -0.3 is 15.1 Å². The van der Waals surface area contributed by atoms with Crippen molar-refractivity contribution in [2.45, 2.75) is 13.0 Å². The molecular weight excluding hydrogens is 298 g/mol. The first-order valence-corrected chi connectivity index (χ1v) is 7.55. The zero-order chi connectivity index (χ0) is 15.6. The Hall–Kier alpha value is -2.20. The molecule has 2 aromatic rings. The van der Waals surface area contributed by atoms with Crippen molar-refractivity contribution < 1.29 is 4.42 Å². The van der Waals surface area contributed by atoms with E-state index in [1.807, 2.05) is 36.4 Å². The minimum atomic E-state index is 0.563. The van der Waals surface area contributed by atoms with Crippen molar-refractivity contribution in [3.63, 3.8) is 0 Å². The van der Waals surface area contributed by atoms with Crippen LogP contribution in [0.5, 0.6) is 0 Å². The van der Waals surface area contributed by atoms with E-state index in [4.69, 9.17) is 16.0 Å². The van der Waals surface area contributed by atoms with Crippen LogP contribution in [0.1, 0.15) is 11.3 Å². The number of nitrogens with one attached hydrogen (secondary N) is 2. The van der Waals surface area contributed by atoms with Gasteiger partial charge in [0.15, 0.2) is 5.96 Å². The van der Waals surface area contributed by atoms with Gasteiger partial charge in [-0.15, -0.1) is 6.58 Å². The number of hydrogen-bond donors (Lipinski definition) is 2. The number of furan rings is 1. The molecule has 0 unspecified atom stereocenters. The summed E-state index contributed by atoms with van der Waals surface area (Å²) in [6.45, 7) is 5.67. The van der Waals surface area contributed by atoms with E-state index in [2.05, 4.69) is 22.2 Å². The van der Waals surface area contributed by atoms with E-state index in [9.17, 15) is 0 Å². The summed E-state index contributed by atoms with van der Waals surface area (Å²) in [6.07, 6.45) is 4.28. The first-order valence-electron chi connectivity index (χ1n) is 7.18. The monoisotopic (exact) mass is 317 g/mol. The molecule has 0 bridgehead atoms. The van der Waals surface area contributed by atoms with Crippen molar-refractivity contribution in [2.75, 3.05) is 13.1 Å². The molecule has 0 aliphatic rings. The summed E-state index contributed by atoms with van der Waals surface area (Å²) in [6, 6.07) is 11.5. The van der Waals surface area contributed by atoms with Crippen LogP contribution < -0.4 is 10.6 Å². The Morgan fingerprint density at radius 2 is 2.18 bits per heavy atom. The van der Waals surface area contributed by atoms with Crippen LogP contribution in [0, 0.1) is 0 Å². The van der Waals surface area contributed by atoms with Gasteiger partial charge in [-0.25, -0.2) is 4.99 Å². The molecule has 0 spiro atoms. The highest BCUT2D eigenvalue weighted by Crippen LogP contribution is 2.11. The number of nitrogens with zero attached hydrogens (tertiary/aromatic N) is 1. The van der Waals surface area contributed by atoms with Gasteiger partial charge in [-0.1, -0.05) is 29.8 Å². The van der Waals surface area contributed by atoms with E-state index in [1.54, 1.807) is 12.3 Å². The Bertz CT molecular complexity index is 608. The summed E-state index contributed by atoms with van der Waals surface area (Å²) in [5.41, 5.74) is 1.07. The largest absolute Gasteiger partial charge is 0.469 e. The zero-order valence-electron chi connectivity index (χ0n) is 12.4. The Labute approximate surface area is 135 Å². The van der Waals surface area contributed by atoms with Gasteiger partial charge in [0.05, 0.1) is 12.8 Å². The Morgan fingerprint density at radius 1 is 1.27 bits per heavy atom. The summed E-state index contributed by atoms with van der Waals surface area (Å²) in [4.78, 5) is 4.55. The highest BCUT2D eigenvalue weighted by molar-refractivity contribution is 6.30. The maximum atomic E-state index is 5.98. The predicted octanol–water partition coefficient (Wildman–Crippen LogP) is 3.40. The quantitative estimate of drug-likeness (QED) is 0.467. The van der Waals surface area contributed by atoms with Crippen LogP contribution in [-0.4, -0.2) is 19.0 Å². The predicted molar refractivity (Wildman–Crippen MR) is 91.2 cm³/mol. The summed E-state index contributed by atoms with van der Waals surface area (Å²) >= 11 is 5.98. The van der Waals surface area contributed by atoms with E-state index >= 15 is 0 Å². The number of benzene rings is 1. The summed E-state index contributed by atoms with van der Waals surface area (Å²) in [7, 11) is 0. The molecule has 116 valence electrons. The Morgan fingerprint density at radius 3 is 2.91 bits per heavy atom. The van der Waals surface area contributed by atoms with Gasteiger partial charge in [-0.2, -0.15) is 0 Å². The van der Waals surface area contributed by atoms with E-state index in [0.29, 0.717) is 13.1 Å². The Kier molecular flexibility index (Phi) is 6.58. The summed E-state index contributed by atoms with van der Waals surface area (Å²) < 4.78 is 5.31. The average Bonchev–Trinajstić information content (AvgIpc) is 3.03. The van der Waals surface area contributed by atoms with Crippen molar-refractivity contribution in [2.24, 2.45) is 4.99 Å². The molecule has 0 aliphatic carbocycles. The molecule has 0 saturated carbocycles. The SMILES string of the molecule is C=CCNC(=NCc1cccc(Cl)c1)NCCc1ccco1. The van der Waals surface area contributed by atoms with Crippen molar-refractivity contribution in [1.29, 1.82) is 0 Å². The van der Waals surface area contributed by atoms with Gasteiger partial charge in [-0.05, 0) is 29.8 Å². The lowest BCUT2D eigenvalue weighted by Crippen LogP contribution is -2.38. The topological polar surface area (TPSA) is 49.6 Å². The number of aliphatic imine (C=N–C) groups is 1. The van der Waals surface area contributed by atoms with Crippen molar-refractivity contribution in [3.8, 4) is 0 Å². The molecule has 22 heavy (non-hydrogen) atoms. The fourth-order valence-electron chi connectivity index (χ4n) is 1.91. The van der Waals surface area contributed by atoms with Crippen LogP contribution in [0.4, 0.5) is 0 Å². The molecule has 2 rings (SSSR count). The highest BCUT2D eigenvalue weighted by atomic mass is 35.5. The molecule has 2 N–H and O–H groups in total. The first kappa shape index (κ1) is 16.2. The van der Waals surface area contributed by atoms with Gasteiger partial charge in [0.1, 0.15) is 5.76 Å². The van der Waals surface area contributed by atoms with Crippen LogP contribution in [-0.2, 0) is 13.0 Å². The van der Waals surface area contributed by atoms with Gasteiger partial charge >= 0.3 is 0 Å². The van der Waals surface area contributed by atoms with Crippen LogP contribution in [0.3, 0.4) is 0 Å². The third kappa shape index (κ3) is 5.66. The number of hydrogen-bond acceptors (Lipinski definition) is 2. The number of halogens is 1. The lowest BCUT2D eigenvalue weighted by molar-refractivity contribution is 0.507. The van der Waals surface area contributed by atoms with Gasteiger partial charge in [0, 0.05) is 24.5 Å². The smallest absolute Gasteiger partial charge is 0.191 e. The highest BCUT2D eigenvalue weighted by Gasteiger charge is 2.00. The van der Waals surface area contributed by atoms with E-state index in [1.165, 1.54) is 0 Å². The number of rotatable bonds is 7. The standard InChI is InChI=1S/C17H20ClN3O/c1-2-9-19-17(20-10-8-16-7-4-11-22-16)21-13-14-5-3-6-15(18)12-14/h2-7,11-12H,1,8-10,13H2,(H2,19,20,21). The second kappa shape index (κ2) is 8.95. The van der Waals surface area contributed by atoms with Crippen LogP contribution >= 0.6 is 11.6 Å². The minimum absolute atomic E-state index is 0.563. The van der Waals surface area contributed by atoms with Crippen LogP contribution in [0.2, 0.25) is 5.02 Å². The third-order valence-corrected chi connectivity index (χ3v) is 3.20. The van der Waals surface area contributed by atoms with E-state index < -0.39 is 0 Å². The van der Waals surface area contributed by atoms with Crippen LogP contribution in [0.25, 0.3) is 0 Å². The second-order valence-corrected chi connectivity index (χ2v) is 5.16. The maximum Gasteiger partial charge on any atom is 0.191 e. The van der Waals surface area contributed by atoms with Crippen molar-refractivity contribution in [1.82, 2.24) is 10.6 Å². The molecule has 1 heterocycles. The molecular formula is C17H20ClN3O. The van der Waals surface area contributed by atoms with Crippen molar-refractivity contribution >= 4 is 17.6 Å². The summed E-state index contributed by atoms with van der Waals surface area (Å²) in [5, 5.41) is 7.19. The average molecular weight is 318 g/mol. The van der Waals surface area contributed by atoms with E-state index in [0.717, 1.165) is 35.3 Å². The molecule has 0 radical (unpaired) electrons. The zero-order valence-corrected chi connectivity index (χ0v) is 13.1. The maximum absolute atomic E-state index is 5.98. The molecule has 0 fully saturated rings. The van der Waals surface area contributed by atoms with E-state index in [-0.39, 0.29) is 0 Å². The molecule has 0 saturated heterocycles. The molecule has 0 aliphatic heterocycles. The summed E-state index contributed by atoms with van der Waals surface area (Å²) in [5.74, 6) is 1.69. The minimum Gasteiger partial charge on any atom is -0.469 e. The molecule has 1 aromatic heterocycles. The molecule has 1 aromatic carbocycles. The molecule has 5 heteroatoms. The van der Waals surface area contributed by atoms with Crippen LogP contribution in [0.15, 0.2) is 64.7 Å². The van der Waals surface area contributed by atoms with Gasteiger partial charge in [-0.3, -0.25) is 0 Å². The fraction of sp³-hybridized carbons (Fsp3) is 0.235. The fourth-order valence-corrected chi connectivity index (χ4v) is 2.12.